The molecule has 4 aromatic rings. The van der Waals surface area contributed by atoms with Crippen molar-refractivity contribution in [1.29, 1.82) is 0 Å². The largest absolute Gasteiger partial charge is 0.493 e. The van der Waals surface area contributed by atoms with Crippen molar-refractivity contribution in [2.75, 3.05) is 20.8 Å². The van der Waals surface area contributed by atoms with Gasteiger partial charge in [0.1, 0.15) is 17.4 Å². The van der Waals surface area contributed by atoms with E-state index < -0.39 is 0 Å². The van der Waals surface area contributed by atoms with Crippen LogP contribution >= 0.6 is 34.5 Å². The van der Waals surface area contributed by atoms with E-state index in [1.54, 1.807) is 32.4 Å². The maximum absolute atomic E-state index is 13.4. The summed E-state index contributed by atoms with van der Waals surface area (Å²) >= 11 is 13.8. The Labute approximate surface area is 272 Å². The summed E-state index contributed by atoms with van der Waals surface area (Å²) in [7, 11) is 3.26. The number of carbonyl (C=O) groups is 1. The van der Waals surface area contributed by atoms with Gasteiger partial charge in [0, 0.05) is 34.2 Å². The molecule has 0 radical (unpaired) electrons. The van der Waals surface area contributed by atoms with Crippen LogP contribution in [0.3, 0.4) is 0 Å². The minimum absolute atomic E-state index is 0.0679. The summed E-state index contributed by atoms with van der Waals surface area (Å²) in [5.41, 5.74) is 5.77. The van der Waals surface area contributed by atoms with Gasteiger partial charge in [0.05, 0.1) is 31.2 Å². The second-order valence-electron chi connectivity index (χ2n) is 10.8. The first-order valence-corrected chi connectivity index (χ1v) is 16.4. The fraction of sp³-hybridized carbons (Fsp3) is 0.353. The number of hydrogen-bond donors (Lipinski definition) is 1. The maximum Gasteiger partial charge on any atom is 0.253 e. The Bertz CT molecular complexity index is 1630. The molecule has 1 N–H and O–H groups in total. The van der Waals surface area contributed by atoms with Crippen LogP contribution in [-0.2, 0) is 19.6 Å². The monoisotopic (exact) mass is 653 g/mol. The standard InChI is InChI=1S/C34H37Cl2N3O4S/c1-22-28(34(40)37-13-11-23-7-5-4-6-8-23)19-30(39(22)14-12-24-9-10-31(41-2)32(15-24)42-3)29-21-44-33(38-29)20-43-27-17-25(35)16-26(36)18-27/h7,9-10,15-19,21H,4-6,8,11-14,20H2,1-3H3,(H,37,40). The molecule has 0 aliphatic heterocycles. The normalized spacial score (nSPS) is 13.0. The van der Waals surface area contributed by atoms with Crippen molar-refractivity contribution in [3.05, 3.63) is 91.4 Å². The van der Waals surface area contributed by atoms with Crippen molar-refractivity contribution in [3.8, 4) is 28.6 Å². The summed E-state index contributed by atoms with van der Waals surface area (Å²) in [5, 5.41) is 6.97. The third kappa shape index (κ3) is 7.97. The van der Waals surface area contributed by atoms with Gasteiger partial charge in [-0.1, -0.05) is 40.9 Å². The molecule has 232 valence electrons. The molecule has 0 atom stereocenters. The molecular weight excluding hydrogens is 617 g/mol. The number of thiazole rings is 1. The lowest BCUT2D eigenvalue weighted by Crippen LogP contribution is -2.25. The van der Waals surface area contributed by atoms with Gasteiger partial charge in [0.15, 0.2) is 11.5 Å². The third-order valence-electron chi connectivity index (χ3n) is 7.81. The van der Waals surface area contributed by atoms with Crippen LogP contribution in [0.2, 0.25) is 10.0 Å². The molecule has 0 fully saturated rings. The average Bonchev–Trinajstić information content (AvgIpc) is 3.63. The Morgan fingerprint density at radius 3 is 2.55 bits per heavy atom. The Balaban J connectivity index is 1.36. The Morgan fingerprint density at radius 2 is 1.82 bits per heavy atom. The molecule has 0 spiro atoms. The van der Waals surface area contributed by atoms with Crippen LogP contribution in [0.4, 0.5) is 0 Å². The van der Waals surface area contributed by atoms with Crippen molar-refractivity contribution < 1.29 is 19.0 Å². The predicted octanol–water partition coefficient (Wildman–Crippen LogP) is 8.69. The first-order chi connectivity index (χ1) is 21.3. The molecule has 0 unspecified atom stereocenters. The minimum Gasteiger partial charge on any atom is -0.493 e. The van der Waals surface area contributed by atoms with Crippen LogP contribution in [0, 0.1) is 6.92 Å². The predicted molar refractivity (Wildman–Crippen MR) is 178 cm³/mol. The lowest BCUT2D eigenvalue weighted by molar-refractivity contribution is 0.0953. The molecule has 0 bridgehead atoms. The van der Waals surface area contributed by atoms with Gasteiger partial charge in [0.25, 0.3) is 5.91 Å². The highest BCUT2D eigenvalue weighted by Gasteiger charge is 2.21. The molecule has 1 aliphatic carbocycles. The molecule has 0 saturated carbocycles. The summed E-state index contributed by atoms with van der Waals surface area (Å²) in [5.74, 6) is 1.89. The first-order valence-electron chi connectivity index (χ1n) is 14.8. The number of carbonyl (C=O) groups excluding carboxylic acids is 1. The highest BCUT2D eigenvalue weighted by Crippen LogP contribution is 2.31. The van der Waals surface area contributed by atoms with E-state index in [1.807, 2.05) is 36.6 Å². The van der Waals surface area contributed by atoms with Crippen molar-refractivity contribution in [3.63, 3.8) is 0 Å². The zero-order chi connectivity index (χ0) is 31.1. The lowest BCUT2D eigenvalue weighted by atomic mass is 9.97. The van der Waals surface area contributed by atoms with Gasteiger partial charge in [-0.15, -0.1) is 11.3 Å². The molecule has 1 amide bonds. The van der Waals surface area contributed by atoms with Crippen molar-refractivity contribution >= 4 is 40.4 Å². The molecule has 1 aliphatic rings. The number of amides is 1. The van der Waals surface area contributed by atoms with E-state index in [4.69, 9.17) is 42.4 Å². The molecule has 0 saturated heterocycles. The van der Waals surface area contributed by atoms with Crippen molar-refractivity contribution in [1.82, 2.24) is 14.9 Å². The van der Waals surface area contributed by atoms with Crippen LogP contribution in [0.25, 0.3) is 11.4 Å². The number of ether oxygens (including phenoxy) is 3. The van der Waals surface area contributed by atoms with Gasteiger partial charge >= 0.3 is 0 Å². The minimum atomic E-state index is -0.0679. The first kappa shape index (κ1) is 31.9. The topological polar surface area (TPSA) is 74.6 Å². The quantitative estimate of drug-likeness (QED) is 0.146. The molecule has 2 aromatic heterocycles. The Hall–Kier alpha value is -3.46. The zero-order valence-corrected chi connectivity index (χ0v) is 27.6. The Morgan fingerprint density at radius 1 is 1.02 bits per heavy atom. The van der Waals surface area contributed by atoms with Crippen molar-refractivity contribution in [2.45, 2.75) is 58.6 Å². The van der Waals surface area contributed by atoms with Gasteiger partial charge in [-0.3, -0.25) is 4.79 Å². The van der Waals surface area contributed by atoms with E-state index in [1.165, 1.54) is 29.8 Å². The lowest BCUT2D eigenvalue weighted by Gasteiger charge is -2.14. The second kappa shape index (κ2) is 15.0. The molecule has 7 nitrogen and oxygen atoms in total. The highest BCUT2D eigenvalue weighted by atomic mass is 35.5. The SMILES string of the molecule is COc1ccc(CCn2c(-c3csc(COc4cc(Cl)cc(Cl)c4)n3)cc(C(=O)NCCC3=CCCCC3)c2C)cc1OC. The highest BCUT2D eigenvalue weighted by molar-refractivity contribution is 7.09. The maximum atomic E-state index is 13.4. The van der Waals surface area contributed by atoms with E-state index in [2.05, 4.69) is 16.0 Å². The van der Waals surface area contributed by atoms with Gasteiger partial charge in [-0.05, 0) is 87.4 Å². The number of rotatable bonds is 13. The fourth-order valence-corrected chi connectivity index (χ4v) is 6.67. The number of benzene rings is 2. The summed E-state index contributed by atoms with van der Waals surface area (Å²) in [6.45, 7) is 3.55. The number of aromatic nitrogens is 2. The van der Waals surface area contributed by atoms with E-state index in [-0.39, 0.29) is 12.5 Å². The average molecular weight is 655 g/mol. The zero-order valence-electron chi connectivity index (χ0n) is 25.3. The number of nitrogens with zero attached hydrogens (tertiary/aromatic N) is 2. The number of halogens is 2. The van der Waals surface area contributed by atoms with E-state index in [9.17, 15) is 4.79 Å². The molecular formula is C34H37Cl2N3O4S. The van der Waals surface area contributed by atoms with Crippen LogP contribution in [-0.4, -0.2) is 36.2 Å². The van der Waals surface area contributed by atoms with Crippen LogP contribution in [0.15, 0.2) is 59.5 Å². The van der Waals surface area contributed by atoms with Gasteiger partial charge in [-0.2, -0.15) is 0 Å². The van der Waals surface area contributed by atoms with Crippen LogP contribution in [0.1, 0.15) is 58.7 Å². The van der Waals surface area contributed by atoms with E-state index in [0.717, 1.165) is 53.3 Å². The second-order valence-corrected chi connectivity index (χ2v) is 12.6. The summed E-state index contributed by atoms with van der Waals surface area (Å²) in [6.07, 6.45) is 8.72. The van der Waals surface area contributed by atoms with E-state index in [0.29, 0.717) is 45.9 Å². The number of aryl methyl sites for hydroxylation is 1. The summed E-state index contributed by atoms with van der Waals surface area (Å²) in [4.78, 5) is 18.3. The fourth-order valence-electron chi connectivity index (χ4n) is 5.47. The van der Waals surface area contributed by atoms with E-state index >= 15 is 0 Å². The summed E-state index contributed by atoms with van der Waals surface area (Å²) < 4.78 is 19.0. The van der Waals surface area contributed by atoms with Gasteiger partial charge in [-0.25, -0.2) is 4.98 Å². The number of methoxy groups -OCH3 is 2. The number of hydrogen-bond acceptors (Lipinski definition) is 6. The van der Waals surface area contributed by atoms with Crippen molar-refractivity contribution in [2.24, 2.45) is 0 Å². The Kier molecular flexibility index (Phi) is 10.9. The van der Waals surface area contributed by atoms with Gasteiger partial charge in [0.2, 0.25) is 0 Å². The number of allylic oxidation sites excluding steroid dienone is 1. The third-order valence-corrected chi connectivity index (χ3v) is 9.07. The smallest absolute Gasteiger partial charge is 0.253 e. The molecule has 2 heterocycles. The van der Waals surface area contributed by atoms with Gasteiger partial charge < -0.3 is 24.1 Å². The molecule has 44 heavy (non-hydrogen) atoms. The van der Waals surface area contributed by atoms with Crippen LogP contribution < -0.4 is 19.5 Å². The van der Waals surface area contributed by atoms with Crippen LogP contribution in [0.5, 0.6) is 17.2 Å². The molecule has 10 heteroatoms. The number of nitrogens with one attached hydrogen (secondary N) is 1. The summed E-state index contributed by atoms with van der Waals surface area (Å²) in [6, 6.07) is 13.0. The molecule has 5 rings (SSSR count). The molecule has 2 aromatic carbocycles.